The summed E-state index contributed by atoms with van der Waals surface area (Å²) in [5.74, 6) is -0.389. The lowest BCUT2D eigenvalue weighted by atomic mass is 9.91. The van der Waals surface area contributed by atoms with E-state index in [-0.39, 0.29) is 0 Å². The number of carbonyl (C=O) groups is 1. The topological polar surface area (TPSA) is 37.3 Å². The summed E-state index contributed by atoms with van der Waals surface area (Å²) in [5.41, 5.74) is 5.06. The van der Waals surface area contributed by atoms with Crippen LogP contribution in [0.3, 0.4) is 0 Å². The van der Waals surface area contributed by atoms with Gasteiger partial charge in [-0.05, 0) is 56.6 Å². The molecule has 1 aromatic rings. The van der Waals surface area contributed by atoms with Crippen molar-refractivity contribution in [3.05, 3.63) is 46.5 Å². The maximum absolute atomic E-state index is 10.8. The summed E-state index contributed by atoms with van der Waals surface area (Å²) >= 11 is 0. The Hall–Kier alpha value is -1.57. The Kier molecular flexibility index (Phi) is 3.85. The fourth-order valence-electron chi connectivity index (χ4n) is 2.81. The molecule has 1 saturated carbocycles. The molecular formula is C16H20O2. The predicted molar refractivity (Wildman–Crippen MR) is 72.7 cm³/mol. The minimum Gasteiger partial charge on any atom is -0.478 e. The number of carboxylic acids is 1. The van der Waals surface area contributed by atoms with Crippen LogP contribution in [0.25, 0.3) is 0 Å². The standard InChI is InChI=1S/C16H20O2/c1-11-6-7-12(2)15(8-11)9-13-4-3-5-14(13)10-16(17)18/h6-8,10,13H,3-5,9H2,1-2H3,(H,17,18)/b14-10+. The number of hydrogen-bond acceptors (Lipinski definition) is 1. The van der Waals surface area contributed by atoms with Crippen molar-refractivity contribution in [3.63, 3.8) is 0 Å². The van der Waals surface area contributed by atoms with Gasteiger partial charge in [0.15, 0.2) is 0 Å². The van der Waals surface area contributed by atoms with Gasteiger partial charge in [-0.3, -0.25) is 0 Å². The second-order valence-electron chi connectivity index (χ2n) is 5.28. The van der Waals surface area contributed by atoms with E-state index in [1.54, 1.807) is 0 Å². The summed E-state index contributed by atoms with van der Waals surface area (Å²) in [6.45, 7) is 4.23. The zero-order valence-electron chi connectivity index (χ0n) is 11.1. The fourth-order valence-corrected chi connectivity index (χ4v) is 2.81. The van der Waals surface area contributed by atoms with Crippen molar-refractivity contribution in [2.24, 2.45) is 5.92 Å². The lowest BCUT2D eigenvalue weighted by Crippen LogP contribution is -2.05. The first-order chi connectivity index (χ1) is 8.56. The van der Waals surface area contributed by atoms with Gasteiger partial charge in [-0.25, -0.2) is 4.79 Å². The molecule has 2 rings (SSSR count). The molecule has 0 aliphatic heterocycles. The van der Waals surface area contributed by atoms with Gasteiger partial charge in [0.05, 0.1) is 0 Å². The average molecular weight is 244 g/mol. The molecule has 0 heterocycles. The van der Waals surface area contributed by atoms with E-state index in [0.717, 1.165) is 31.3 Å². The average Bonchev–Trinajstić information content (AvgIpc) is 2.70. The van der Waals surface area contributed by atoms with E-state index in [1.165, 1.54) is 22.8 Å². The highest BCUT2D eigenvalue weighted by molar-refractivity contribution is 5.80. The zero-order valence-corrected chi connectivity index (χ0v) is 11.1. The maximum atomic E-state index is 10.8. The highest BCUT2D eigenvalue weighted by Crippen LogP contribution is 2.34. The summed E-state index contributed by atoms with van der Waals surface area (Å²) in [4.78, 5) is 10.8. The molecule has 1 unspecified atom stereocenters. The lowest BCUT2D eigenvalue weighted by molar-refractivity contribution is -0.131. The number of benzene rings is 1. The van der Waals surface area contributed by atoms with Crippen LogP contribution in [0.4, 0.5) is 0 Å². The third kappa shape index (κ3) is 3.00. The van der Waals surface area contributed by atoms with E-state index >= 15 is 0 Å². The van der Waals surface area contributed by atoms with Crippen LogP contribution in [0, 0.1) is 19.8 Å². The minimum atomic E-state index is -0.808. The first kappa shape index (κ1) is 12.9. The van der Waals surface area contributed by atoms with Crippen molar-refractivity contribution in [2.45, 2.75) is 39.5 Å². The second kappa shape index (κ2) is 5.38. The Bertz CT molecular complexity index is 486. The van der Waals surface area contributed by atoms with Gasteiger partial charge in [0, 0.05) is 6.08 Å². The normalized spacial score (nSPS) is 21.4. The van der Waals surface area contributed by atoms with Crippen LogP contribution in [-0.2, 0) is 11.2 Å². The SMILES string of the molecule is Cc1ccc(C)c(CC2CCC/C2=C\C(=O)O)c1. The smallest absolute Gasteiger partial charge is 0.328 e. The minimum absolute atomic E-state index is 0.418. The van der Waals surface area contributed by atoms with Crippen molar-refractivity contribution < 1.29 is 9.90 Å². The van der Waals surface area contributed by atoms with Crippen LogP contribution in [0.15, 0.2) is 29.8 Å². The van der Waals surface area contributed by atoms with Gasteiger partial charge >= 0.3 is 5.97 Å². The Labute approximate surface area is 108 Å². The van der Waals surface area contributed by atoms with Gasteiger partial charge < -0.3 is 5.11 Å². The molecule has 0 spiro atoms. The molecule has 18 heavy (non-hydrogen) atoms. The molecule has 0 radical (unpaired) electrons. The highest BCUT2D eigenvalue weighted by atomic mass is 16.4. The molecule has 0 amide bonds. The summed E-state index contributed by atoms with van der Waals surface area (Å²) in [6, 6.07) is 6.51. The molecule has 1 aromatic carbocycles. The molecule has 2 nitrogen and oxygen atoms in total. The van der Waals surface area contributed by atoms with Gasteiger partial charge in [0.2, 0.25) is 0 Å². The fraction of sp³-hybridized carbons (Fsp3) is 0.438. The molecular weight excluding hydrogens is 224 g/mol. The quantitative estimate of drug-likeness (QED) is 0.824. The monoisotopic (exact) mass is 244 g/mol. The van der Waals surface area contributed by atoms with Crippen molar-refractivity contribution in [1.29, 1.82) is 0 Å². The summed E-state index contributed by atoms with van der Waals surface area (Å²) in [6.07, 6.45) is 5.58. The molecule has 1 aliphatic rings. The van der Waals surface area contributed by atoms with Crippen LogP contribution < -0.4 is 0 Å². The highest BCUT2D eigenvalue weighted by Gasteiger charge is 2.22. The zero-order chi connectivity index (χ0) is 13.1. The lowest BCUT2D eigenvalue weighted by Gasteiger charge is -2.14. The Morgan fingerprint density at radius 3 is 2.94 bits per heavy atom. The van der Waals surface area contributed by atoms with Gasteiger partial charge in [-0.15, -0.1) is 0 Å². The second-order valence-corrected chi connectivity index (χ2v) is 5.28. The van der Waals surface area contributed by atoms with Crippen molar-refractivity contribution in [1.82, 2.24) is 0 Å². The van der Waals surface area contributed by atoms with Gasteiger partial charge in [-0.1, -0.05) is 29.3 Å². The first-order valence-corrected chi connectivity index (χ1v) is 6.56. The van der Waals surface area contributed by atoms with Gasteiger partial charge in [0.25, 0.3) is 0 Å². The summed E-state index contributed by atoms with van der Waals surface area (Å²) in [7, 11) is 0. The van der Waals surface area contributed by atoms with Crippen molar-refractivity contribution in [2.75, 3.05) is 0 Å². The number of hydrogen-bond donors (Lipinski definition) is 1. The summed E-state index contributed by atoms with van der Waals surface area (Å²) < 4.78 is 0. The van der Waals surface area contributed by atoms with Gasteiger partial charge in [0.1, 0.15) is 0 Å². The van der Waals surface area contributed by atoms with Crippen LogP contribution >= 0.6 is 0 Å². The Morgan fingerprint density at radius 2 is 2.22 bits per heavy atom. The number of aliphatic carboxylic acids is 1. The maximum Gasteiger partial charge on any atom is 0.328 e. The molecule has 0 saturated heterocycles. The van der Waals surface area contributed by atoms with Crippen molar-refractivity contribution >= 4 is 5.97 Å². The third-order valence-corrected chi connectivity index (χ3v) is 3.82. The van der Waals surface area contributed by atoms with E-state index in [1.807, 2.05) is 0 Å². The van der Waals surface area contributed by atoms with Crippen LogP contribution in [0.1, 0.15) is 36.0 Å². The van der Waals surface area contributed by atoms with E-state index in [4.69, 9.17) is 5.11 Å². The van der Waals surface area contributed by atoms with E-state index in [0.29, 0.717) is 5.92 Å². The molecule has 1 fully saturated rings. The number of rotatable bonds is 3. The van der Waals surface area contributed by atoms with Crippen LogP contribution in [-0.4, -0.2) is 11.1 Å². The number of allylic oxidation sites excluding steroid dienone is 1. The van der Waals surface area contributed by atoms with Gasteiger partial charge in [-0.2, -0.15) is 0 Å². The Morgan fingerprint density at radius 1 is 1.44 bits per heavy atom. The van der Waals surface area contributed by atoms with E-state index in [2.05, 4.69) is 32.0 Å². The molecule has 1 aliphatic carbocycles. The van der Waals surface area contributed by atoms with Crippen LogP contribution in [0.2, 0.25) is 0 Å². The Balaban J connectivity index is 2.18. The van der Waals surface area contributed by atoms with Crippen molar-refractivity contribution in [3.8, 4) is 0 Å². The number of carboxylic acid groups (broad SMARTS) is 1. The molecule has 1 N–H and O–H groups in total. The number of aryl methyl sites for hydroxylation is 2. The largest absolute Gasteiger partial charge is 0.478 e. The third-order valence-electron chi connectivity index (χ3n) is 3.82. The molecule has 2 heteroatoms. The molecule has 0 aromatic heterocycles. The van der Waals surface area contributed by atoms with E-state index < -0.39 is 5.97 Å². The van der Waals surface area contributed by atoms with Crippen LogP contribution in [0.5, 0.6) is 0 Å². The molecule has 96 valence electrons. The van der Waals surface area contributed by atoms with E-state index in [9.17, 15) is 4.79 Å². The predicted octanol–water partition coefficient (Wildman–Crippen LogP) is 3.66. The first-order valence-electron chi connectivity index (χ1n) is 6.56. The molecule has 1 atom stereocenters. The summed E-state index contributed by atoms with van der Waals surface area (Å²) in [5, 5.41) is 8.88. The molecule has 0 bridgehead atoms.